The van der Waals surface area contributed by atoms with Gasteiger partial charge in [0.25, 0.3) is 11.1 Å². The van der Waals surface area contributed by atoms with Gasteiger partial charge in [0.2, 0.25) is 0 Å². The number of benzene rings is 2. The summed E-state index contributed by atoms with van der Waals surface area (Å²) in [6, 6.07) is 11.9. The molecule has 4 nitrogen and oxygen atoms in total. The van der Waals surface area contributed by atoms with E-state index in [0.717, 1.165) is 46.7 Å². The average Bonchev–Trinajstić information content (AvgIpc) is 2.89. The quantitative estimate of drug-likeness (QED) is 0.536. The molecule has 1 heterocycles. The zero-order valence-corrected chi connectivity index (χ0v) is 15.3. The third-order valence-corrected chi connectivity index (χ3v) is 5.06. The lowest BCUT2D eigenvalue weighted by atomic mass is 10.0. The van der Waals surface area contributed by atoms with Crippen molar-refractivity contribution in [1.29, 1.82) is 0 Å². The van der Waals surface area contributed by atoms with Gasteiger partial charge in [-0.3, -0.25) is 14.5 Å². The molecule has 2 aromatic rings. The van der Waals surface area contributed by atoms with Crippen molar-refractivity contribution < 1.29 is 14.3 Å². The van der Waals surface area contributed by atoms with E-state index in [-0.39, 0.29) is 11.1 Å². The first kappa shape index (κ1) is 17.5. The van der Waals surface area contributed by atoms with Gasteiger partial charge in [-0.05, 0) is 48.0 Å². The van der Waals surface area contributed by atoms with Crippen molar-refractivity contribution in [2.45, 2.75) is 26.7 Å². The van der Waals surface area contributed by atoms with E-state index in [2.05, 4.69) is 6.92 Å². The fourth-order valence-electron chi connectivity index (χ4n) is 2.78. The Morgan fingerprint density at radius 1 is 1.12 bits per heavy atom. The van der Waals surface area contributed by atoms with Crippen molar-refractivity contribution in [3.63, 3.8) is 0 Å². The number of hydrogen-bond acceptors (Lipinski definition) is 4. The van der Waals surface area contributed by atoms with Gasteiger partial charge < -0.3 is 4.74 Å². The van der Waals surface area contributed by atoms with E-state index in [1.54, 1.807) is 13.0 Å². The van der Waals surface area contributed by atoms with Gasteiger partial charge in [-0.15, -0.1) is 0 Å². The molecule has 1 aliphatic rings. The summed E-state index contributed by atoms with van der Waals surface area (Å²) in [6.07, 6.45) is 3.82. The topological polar surface area (TPSA) is 46.6 Å². The fourth-order valence-corrected chi connectivity index (χ4v) is 3.67. The first-order valence-electron chi connectivity index (χ1n) is 8.55. The van der Waals surface area contributed by atoms with Crippen LogP contribution in [0.1, 0.15) is 32.3 Å². The van der Waals surface area contributed by atoms with E-state index in [1.807, 2.05) is 36.4 Å². The Labute approximate surface area is 151 Å². The summed E-state index contributed by atoms with van der Waals surface area (Å²) in [5.74, 6) is 0.514. The monoisotopic (exact) mass is 355 g/mol. The van der Waals surface area contributed by atoms with E-state index in [9.17, 15) is 9.59 Å². The molecule has 25 heavy (non-hydrogen) atoms. The summed E-state index contributed by atoms with van der Waals surface area (Å²) in [5, 5.41) is 1.87. The van der Waals surface area contributed by atoms with Crippen LogP contribution in [-0.4, -0.2) is 29.2 Å². The van der Waals surface area contributed by atoms with Crippen LogP contribution in [0.5, 0.6) is 5.75 Å². The van der Waals surface area contributed by atoms with Crippen LogP contribution in [0.25, 0.3) is 16.8 Å². The molecule has 3 rings (SSSR count). The predicted octanol–water partition coefficient (Wildman–Crippen LogP) is 5.07. The highest BCUT2D eigenvalue weighted by molar-refractivity contribution is 8.18. The normalized spacial score (nSPS) is 16.2. The SMILES string of the molecule is CCCCOc1ccc2ccccc2c1/C=C1\SC(=O)N(CC)C1=O. The molecule has 2 aromatic carbocycles. The highest BCUT2D eigenvalue weighted by Crippen LogP contribution is 2.36. The van der Waals surface area contributed by atoms with Crippen molar-refractivity contribution in [1.82, 2.24) is 4.90 Å². The molecule has 0 atom stereocenters. The number of fused-ring (bicyclic) bond motifs is 1. The summed E-state index contributed by atoms with van der Waals surface area (Å²) in [6.45, 7) is 4.94. The van der Waals surface area contributed by atoms with Crippen molar-refractivity contribution in [3.05, 3.63) is 46.9 Å². The van der Waals surface area contributed by atoms with E-state index in [0.29, 0.717) is 18.1 Å². The molecule has 0 saturated carbocycles. The maximum atomic E-state index is 12.4. The number of imide groups is 1. The number of carbonyl (C=O) groups is 2. The fraction of sp³-hybridized carbons (Fsp3) is 0.300. The van der Waals surface area contributed by atoms with E-state index in [1.165, 1.54) is 4.90 Å². The summed E-state index contributed by atoms with van der Waals surface area (Å²) in [5.41, 5.74) is 0.857. The number of unbranched alkanes of at least 4 members (excludes halogenated alkanes) is 1. The van der Waals surface area contributed by atoms with Gasteiger partial charge in [-0.25, -0.2) is 0 Å². The second-order valence-electron chi connectivity index (χ2n) is 5.83. The van der Waals surface area contributed by atoms with Crippen LogP contribution < -0.4 is 4.74 Å². The van der Waals surface area contributed by atoms with Crippen LogP contribution in [0, 0.1) is 0 Å². The largest absolute Gasteiger partial charge is 0.493 e. The zero-order chi connectivity index (χ0) is 17.8. The Bertz CT molecular complexity index is 844. The van der Waals surface area contributed by atoms with E-state index in [4.69, 9.17) is 4.74 Å². The van der Waals surface area contributed by atoms with Crippen LogP contribution in [0.15, 0.2) is 41.3 Å². The molecule has 0 bridgehead atoms. The summed E-state index contributed by atoms with van der Waals surface area (Å²) >= 11 is 0.990. The lowest BCUT2D eigenvalue weighted by Gasteiger charge is -2.12. The maximum absolute atomic E-state index is 12.4. The molecule has 1 aliphatic heterocycles. The second kappa shape index (κ2) is 7.74. The van der Waals surface area contributed by atoms with Crippen molar-refractivity contribution in [3.8, 4) is 5.75 Å². The molecular formula is C20H21NO3S. The van der Waals surface area contributed by atoms with Gasteiger partial charge in [0, 0.05) is 12.1 Å². The van der Waals surface area contributed by atoms with Gasteiger partial charge in [-0.1, -0.05) is 43.7 Å². The van der Waals surface area contributed by atoms with Gasteiger partial charge in [0.15, 0.2) is 0 Å². The number of amides is 2. The average molecular weight is 355 g/mol. The van der Waals surface area contributed by atoms with Gasteiger partial charge in [0.05, 0.1) is 11.5 Å². The summed E-state index contributed by atoms with van der Waals surface area (Å²) in [4.78, 5) is 26.1. The number of thioether (sulfide) groups is 1. The number of carbonyl (C=O) groups excluding carboxylic acids is 2. The lowest BCUT2D eigenvalue weighted by molar-refractivity contribution is -0.122. The van der Waals surface area contributed by atoms with Crippen LogP contribution in [0.2, 0.25) is 0 Å². The third-order valence-electron chi connectivity index (χ3n) is 4.15. The predicted molar refractivity (Wildman–Crippen MR) is 103 cm³/mol. The van der Waals surface area contributed by atoms with Gasteiger partial charge >= 0.3 is 0 Å². The maximum Gasteiger partial charge on any atom is 0.293 e. The number of ether oxygens (including phenoxy) is 1. The Balaban J connectivity index is 2.06. The Morgan fingerprint density at radius 3 is 2.64 bits per heavy atom. The highest BCUT2D eigenvalue weighted by Gasteiger charge is 2.34. The molecular weight excluding hydrogens is 334 g/mol. The molecule has 0 aliphatic carbocycles. The van der Waals surface area contributed by atoms with E-state index >= 15 is 0 Å². The third kappa shape index (κ3) is 3.56. The van der Waals surface area contributed by atoms with Gasteiger partial charge in [-0.2, -0.15) is 0 Å². The van der Waals surface area contributed by atoms with Crippen molar-refractivity contribution in [2.24, 2.45) is 0 Å². The Hall–Kier alpha value is -2.27. The van der Waals surface area contributed by atoms with Crippen LogP contribution in [-0.2, 0) is 4.79 Å². The number of hydrogen-bond donors (Lipinski definition) is 0. The molecule has 1 fully saturated rings. The standard InChI is InChI=1S/C20H21NO3S/c1-3-5-12-24-17-11-10-14-8-6-7-9-15(14)16(17)13-18-19(22)21(4-2)20(23)25-18/h6-11,13H,3-5,12H2,1-2H3/b18-13-. The molecule has 0 radical (unpaired) electrons. The minimum absolute atomic E-state index is 0.215. The minimum atomic E-state index is -0.232. The van der Waals surface area contributed by atoms with Crippen LogP contribution >= 0.6 is 11.8 Å². The van der Waals surface area contributed by atoms with Gasteiger partial charge in [0.1, 0.15) is 5.75 Å². The van der Waals surface area contributed by atoms with Crippen LogP contribution in [0.3, 0.4) is 0 Å². The van der Waals surface area contributed by atoms with Crippen LogP contribution in [0.4, 0.5) is 4.79 Å². The number of likely N-dealkylation sites (N-methyl/N-ethyl adjacent to an activating group) is 1. The molecule has 5 heteroatoms. The highest BCUT2D eigenvalue weighted by atomic mass is 32.2. The second-order valence-corrected chi connectivity index (χ2v) is 6.82. The Kier molecular flexibility index (Phi) is 5.43. The molecule has 0 spiro atoms. The molecule has 0 N–H and O–H groups in total. The first-order valence-corrected chi connectivity index (χ1v) is 9.37. The number of rotatable bonds is 6. The molecule has 0 unspecified atom stereocenters. The molecule has 0 aromatic heterocycles. The molecule has 2 amide bonds. The zero-order valence-electron chi connectivity index (χ0n) is 14.5. The lowest BCUT2D eigenvalue weighted by Crippen LogP contribution is -2.27. The Morgan fingerprint density at radius 2 is 1.92 bits per heavy atom. The van der Waals surface area contributed by atoms with E-state index < -0.39 is 0 Å². The number of nitrogens with zero attached hydrogens (tertiary/aromatic N) is 1. The summed E-state index contributed by atoms with van der Waals surface area (Å²) in [7, 11) is 0. The smallest absolute Gasteiger partial charge is 0.293 e. The van der Waals surface area contributed by atoms with Crippen molar-refractivity contribution in [2.75, 3.05) is 13.2 Å². The first-order chi connectivity index (χ1) is 12.2. The molecule has 1 saturated heterocycles. The minimum Gasteiger partial charge on any atom is -0.493 e. The molecule has 130 valence electrons. The summed E-state index contributed by atoms with van der Waals surface area (Å²) < 4.78 is 5.95. The van der Waals surface area contributed by atoms with Crippen molar-refractivity contribution >= 4 is 39.8 Å².